The van der Waals surface area contributed by atoms with E-state index in [1.807, 2.05) is 36.0 Å². The molecule has 140 valence electrons. The van der Waals surface area contributed by atoms with Crippen molar-refractivity contribution in [2.45, 2.75) is 32.1 Å². The molecule has 1 heterocycles. The first-order valence-electron chi connectivity index (χ1n) is 9.47. The van der Waals surface area contributed by atoms with Gasteiger partial charge in [0.1, 0.15) is 0 Å². The highest BCUT2D eigenvalue weighted by Crippen LogP contribution is 2.21. The van der Waals surface area contributed by atoms with E-state index in [1.54, 1.807) is 6.20 Å². The maximum atomic E-state index is 11.6. The quantitative estimate of drug-likeness (QED) is 0.598. The summed E-state index contributed by atoms with van der Waals surface area (Å²) in [5.41, 5.74) is 4.64. The van der Waals surface area contributed by atoms with Gasteiger partial charge in [0, 0.05) is 13.2 Å². The summed E-state index contributed by atoms with van der Waals surface area (Å²) in [4.78, 5) is 11.6. The number of hydrogen-bond donors (Lipinski definition) is 1. The lowest BCUT2D eigenvalue weighted by Gasteiger charge is -2.12. The van der Waals surface area contributed by atoms with Crippen LogP contribution in [0.2, 0.25) is 0 Å². The highest BCUT2D eigenvalue weighted by atomic mass is 16.4. The van der Waals surface area contributed by atoms with E-state index in [4.69, 9.17) is 0 Å². The number of rotatable bonds is 9. The molecule has 0 bridgehead atoms. The van der Waals surface area contributed by atoms with Gasteiger partial charge < -0.3 is 5.11 Å². The monoisotopic (exact) mass is 362 g/mol. The Morgan fingerprint density at radius 2 is 1.67 bits per heavy atom. The van der Waals surface area contributed by atoms with Gasteiger partial charge in [0.15, 0.2) is 0 Å². The Bertz CT molecular complexity index is 854. The molecule has 0 fully saturated rings. The molecule has 0 aliphatic rings. The number of carboxylic acid groups (broad SMARTS) is 1. The Balaban J connectivity index is 1.51. The van der Waals surface area contributed by atoms with Crippen molar-refractivity contribution in [3.05, 3.63) is 78.0 Å². The van der Waals surface area contributed by atoms with Crippen LogP contribution < -0.4 is 0 Å². The molecule has 3 rings (SSSR count). The molecule has 3 aromatic rings. The fourth-order valence-corrected chi connectivity index (χ4v) is 3.43. The summed E-state index contributed by atoms with van der Waals surface area (Å²) in [6.45, 7) is 0. The average Bonchev–Trinajstić information content (AvgIpc) is 3.11. The van der Waals surface area contributed by atoms with E-state index < -0.39 is 5.97 Å². The maximum Gasteiger partial charge on any atom is 0.306 e. The van der Waals surface area contributed by atoms with E-state index >= 15 is 0 Å². The minimum absolute atomic E-state index is 0.287. The molecule has 1 aromatic heterocycles. The van der Waals surface area contributed by atoms with Gasteiger partial charge in [0.25, 0.3) is 0 Å². The van der Waals surface area contributed by atoms with Crippen LogP contribution in [0, 0.1) is 5.92 Å². The number of aromatic nitrogens is 2. The molecule has 2 aromatic carbocycles. The lowest BCUT2D eigenvalue weighted by molar-refractivity contribution is -0.142. The number of aryl methyl sites for hydroxylation is 3. The van der Waals surface area contributed by atoms with E-state index in [0.717, 1.165) is 36.9 Å². The summed E-state index contributed by atoms with van der Waals surface area (Å²) in [6.07, 6.45) is 5.81. The molecule has 0 spiro atoms. The zero-order valence-corrected chi connectivity index (χ0v) is 15.7. The van der Waals surface area contributed by atoms with Crippen molar-refractivity contribution in [1.29, 1.82) is 0 Å². The number of nitrogens with zero attached hydrogens (tertiary/aromatic N) is 2. The number of aliphatic carboxylic acids is 1. The van der Waals surface area contributed by atoms with Crippen molar-refractivity contribution in [1.82, 2.24) is 9.78 Å². The summed E-state index contributed by atoms with van der Waals surface area (Å²) in [5, 5.41) is 13.7. The van der Waals surface area contributed by atoms with E-state index in [2.05, 4.69) is 41.5 Å². The molecule has 1 N–H and O–H groups in total. The van der Waals surface area contributed by atoms with Gasteiger partial charge in [-0.2, -0.15) is 5.10 Å². The predicted molar refractivity (Wildman–Crippen MR) is 107 cm³/mol. The molecule has 4 nitrogen and oxygen atoms in total. The van der Waals surface area contributed by atoms with Gasteiger partial charge in [0.2, 0.25) is 0 Å². The van der Waals surface area contributed by atoms with Crippen molar-refractivity contribution < 1.29 is 9.90 Å². The Kier molecular flexibility index (Phi) is 6.42. The minimum Gasteiger partial charge on any atom is -0.481 e. The van der Waals surface area contributed by atoms with Gasteiger partial charge in [0.05, 0.1) is 11.6 Å². The second-order valence-electron chi connectivity index (χ2n) is 6.99. The molecule has 0 saturated carbocycles. The third-order valence-corrected chi connectivity index (χ3v) is 5.06. The predicted octanol–water partition coefficient (Wildman–Crippen LogP) is 4.74. The minimum atomic E-state index is -0.686. The molecule has 0 radical (unpaired) electrons. The van der Waals surface area contributed by atoms with E-state index in [-0.39, 0.29) is 5.92 Å². The summed E-state index contributed by atoms with van der Waals surface area (Å²) >= 11 is 0. The van der Waals surface area contributed by atoms with Crippen molar-refractivity contribution in [2.24, 2.45) is 13.0 Å². The summed E-state index contributed by atoms with van der Waals surface area (Å²) in [5.74, 6) is -0.972. The lowest BCUT2D eigenvalue weighted by atomic mass is 9.93. The molecule has 0 aliphatic heterocycles. The molecule has 0 aliphatic carbocycles. The van der Waals surface area contributed by atoms with Crippen LogP contribution in [0.3, 0.4) is 0 Å². The molecule has 0 saturated heterocycles. The fourth-order valence-electron chi connectivity index (χ4n) is 3.43. The van der Waals surface area contributed by atoms with Crippen molar-refractivity contribution in [3.63, 3.8) is 0 Å². The first kappa shape index (κ1) is 18.9. The lowest BCUT2D eigenvalue weighted by Crippen LogP contribution is -2.15. The molecule has 0 amide bonds. The SMILES string of the molecule is Cn1nccc1-c1ccc(CCC(CCCc2ccccc2)C(=O)O)cc1. The summed E-state index contributed by atoms with van der Waals surface area (Å²) in [6, 6.07) is 20.6. The first-order chi connectivity index (χ1) is 13.1. The Morgan fingerprint density at radius 1 is 0.963 bits per heavy atom. The van der Waals surface area contributed by atoms with E-state index in [1.165, 1.54) is 11.1 Å². The van der Waals surface area contributed by atoms with Crippen LogP contribution in [0.15, 0.2) is 66.9 Å². The van der Waals surface area contributed by atoms with Crippen LogP contribution in [0.5, 0.6) is 0 Å². The van der Waals surface area contributed by atoms with E-state index in [0.29, 0.717) is 6.42 Å². The van der Waals surface area contributed by atoms with Crippen LogP contribution in [-0.2, 0) is 24.7 Å². The second-order valence-corrected chi connectivity index (χ2v) is 6.99. The van der Waals surface area contributed by atoms with Crippen LogP contribution in [0.4, 0.5) is 0 Å². The molecule has 1 unspecified atom stereocenters. The number of carbonyl (C=O) groups is 1. The molecular formula is C23H26N2O2. The largest absolute Gasteiger partial charge is 0.481 e. The Hall–Kier alpha value is -2.88. The molecule has 27 heavy (non-hydrogen) atoms. The normalized spacial score (nSPS) is 12.0. The van der Waals surface area contributed by atoms with Crippen molar-refractivity contribution in [3.8, 4) is 11.3 Å². The Labute approximate surface area is 160 Å². The molecular weight excluding hydrogens is 336 g/mol. The highest BCUT2D eigenvalue weighted by molar-refractivity contribution is 5.70. The standard InChI is InChI=1S/C23H26N2O2/c1-25-22(16-17-24-25)20-13-10-19(11-14-20)12-15-21(23(26)27)9-5-8-18-6-3-2-4-7-18/h2-4,6-7,10-11,13-14,16-17,21H,5,8-9,12,15H2,1H3,(H,26,27). The van der Waals surface area contributed by atoms with Gasteiger partial charge in [-0.15, -0.1) is 0 Å². The van der Waals surface area contributed by atoms with Crippen LogP contribution in [0.25, 0.3) is 11.3 Å². The van der Waals surface area contributed by atoms with Crippen LogP contribution >= 0.6 is 0 Å². The van der Waals surface area contributed by atoms with Crippen LogP contribution in [0.1, 0.15) is 30.4 Å². The Morgan fingerprint density at radius 3 is 2.30 bits per heavy atom. The van der Waals surface area contributed by atoms with Crippen molar-refractivity contribution in [2.75, 3.05) is 0 Å². The van der Waals surface area contributed by atoms with Gasteiger partial charge in [-0.3, -0.25) is 9.48 Å². The van der Waals surface area contributed by atoms with Gasteiger partial charge in [-0.05, 0) is 54.9 Å². The third kappa shape index (κ3) is 5.30. The smallest absolute Gasteiger partial charge is 0.306 e. The number of carboxylic acids is 1. The summed E-state index contributed by atoms with van der Waals surface area (Å²) < 4.78 is 1.85. The van der Waals surface area contributed by atoms with Crippen LogP contribution in [-0.4, -0.2) is 20.9 Å². The number of hydrogen-bond acceptors (Lipinski definition) is 2. The average molecular weight is 362 g/mol. The van der Waals surface area contributed by atoms with E-state index in [9.17, 15) is 9.90 Å². The fraction of sp³-hybridized carbons (Fsp3) is 0.304. The summed E-state index contributed by atoms with van der Waals surface area (Å²) in [7, 11) is 1.93. The third-order valence-electron chi connectivity index (χ3n) is 5.06. The topological polar surface area (TPSA) is 55.1 Å². The first-order valence-corrected chi connectivity index (χ1v) is 9.47. The van der Waals surface area contributed by atoms with Gasteiger partial charge >= 0.3 is 5.97 Å². The highest BCUT2D eigenvalue weighted by Gasteiger charge is 2.17. The number of benzene rings is 2. The zero-order chi connectivity index (χ0) is 19.1. The van der Waals surface area contributed by atoms with Gasteiger partial charge in [-0.25, -0.2) is 0 Å². The second kappa shape index (κ2) is 9.17. The maximum absolute atomic E-state index is 11.6. The molecule has 1 atom stereocenters. The van der Waals surface area contributed by atoms with Gasteiger partial charge in [-0.1, -0.05) is 54.6 Å². The van der Waals surface area contributed by atoms with Crippen molar-refractivity contribution >= 4 is 5.97 Å². The molecule has 4 heteroatoms. The zero-order valence-electron chi connectivity index (χ0n) is 15.7.